The average molecular weight is 327 g/mol. The Balaban J connectivity index is 1.90. The van der Waals surface area contributed by atoms with E-state index in [2.05, 4.69) is 18.4 Å². The van der Waals surface area contributed by atoms with Crippen LogP contribution in [0.15, 0.2) is 17.5 Å². The summed E-state index contributed by atoms with van der Waals surface area (Å²) in [6.07, 6.45) is 5.31. The fourth-order valence-corrected chi connectivity index (χ4v) is 4.01. The lowest BCUT2D eigenvalue weighted by Crippen LogP contribution is -2.44. The molecule has 118 valence electrons. The number of carbonyl (C=O) groups excluding carboxylic acids is 1. The van der Waals surface area contributed by atoms with Gasteiger partial charge in [-0.2, -0.15) is 11.8 Å². The van der Waals surface area contributed by atoms with Crippen LogP contribution in [-0.2, 0) is 11.3 Å². The second kappa shape index (κ2) is 8.81. The van der Waals surface area contributed by atoms with Gasteiger partial charge in [0, 0.05) is 16.7 Å². The predicted molar refractivity (Wildman–Crippen MR) is 92.7 cm³/mol. The number of nitrogens with zero attached hydrogens (tertiary/aromatic N) is 1. The van der Waals surface area contributed by atoms with Crippen LogP contribution in [0, 0.1) is 0 Å². The van der Waals surface area contributed by atoms with Gasteiger partial charge in [0.1, 0.15) is 0 Å². The number of unbranched alkanes of at least 4 members (excludes halogenated alkanes) is 1. The van der Waals surface area contributed by atoms with E-state index in [1.165, 1.54) is 17.1 Å². The topological polar surface area (TPSA) is 46.3 Å². The first kappa shape index (κ1) is 16.8. The van der Waals surface area contributed by atoms with Crippen LogP contribution in [0.4, 0.5) is 0 Å². The summed E-state index contributed by atoms with van der Waals surface area (Å²) in [6, 6.07) is 3.81. The quantitative estimate of drug-likeness (QED) is 0.755. The first-order chi connectivity index (χ1) is 10.2. The Morgan fingerprint density at radius 1 is 1.57 bits per heavy atom. The molecule has 0 aliphatic carbocycles. The van der Waals surface area contributed by atoms with Crippen molar-refractivity contribution >= 4 is 29.0 Å². The summed E-state index contributed by atoms with van der Waals surface area (Å²) in [5.74, 6) is 1.40. The van der Waals surface area contributed by atoms with Gasteiger partial charge in [-0.1, -0.05) is 25.8 Å². The Morgan fingerprint density at radius 2 is 2.38 bits per heavy atom. The van der Waals surface area contributed by atoms with Crippen molar-refractivity contribution in [1.82, 2.24) is 4.90 Å². The molecular formula is C16H26N2OS2. The molecule has 2 heterocycles. The molecule has 5 heteroatoms. The predicted octanol–water partition coefficient (Wildman–Crippen LogP) is 3.49. The van der Waals surface area contributed by atoms with Crippen molar-refractivity contribution in [3.05, 3.63) is 22.4 Å². The van der Waals surface area contributed by atoms with Crippen molar-refractivity contribution in [3.8, 4) is 0 Å². The molecule has 1 unspecified atom stereocenters. The molecule has 0 saturated carbocycles. The summed E-state index contributed by atoms with van der Waals surface area (Å²) in [7, 11) is 0. The van der Waals surface area contributed by atoms with Crippen molar-refractivity contribution in [2.75, 3.05) is 12.3 Å². The number of rotatable bonds is 9. The van der Waals surface area contributed by atoms with Gasteiger partial charge in [0.2, 0.25) is 5.91 Å². The zero-order valence-electron chi connectivity index (χ0n) is 12.8. The van der Waals surface area contributed by atoms with E-state index in [9.17, 15) is 4.79 Å². The van der Waals surface area contributed by atoms with E-state index in [-0.39, 0.29) is 11.9 Å². The summed E-state index contributed by atoms with van der Waals surface area (Å²) in [4.78, 5) is 15.8. The second-order valence-electron chi connectivity index (χ2n) is 5.66. The average Bonchev–Trinajstić information content (AvgIpc) is 2.94. The van der Waals surface area contributed by atoms with Gasteiger partial charge < -0.3 is 10.6 Å². The van der Waals surface area contributed by atoms with Crippen molar-refractivity contribution in [2.45, 2.75) is 56.9 Å². The maximum Gasteiger partial charge on any atom is 0.239 e. The van der Waals surface area contributed by atoms with Crippen LogP contribution in [0.5, 0.6) is 0 Å². The number of hydrogen-bond acceptors (Lipinski definition) is 4. The highest BCUT2D eigenvalue weighted by atomic mass is 32.2. The summed E-state index contributed by atoms with van der Waals surface area (Å²) < 4.78 is 0. The van der Waals surface area contributed by atoms with Gasteiger partial charge in [-0.3, -0.25) is 4.79 Å². The first-order valence-corrected chi connectivity index (χ1v) is 9.82. The van der Waals surface area contributed by atoms with E-state index in [4.69, 9.17) is 5.73 Å². The SMILES string of the molecule is CCCC[C@H](N)C(=O)N(CCC1CCS1)Cc1cccs1. The molecular weight excluding hydrogens is 300 g/mol. The fourth-order valence-electron chi connectivity index (χ4n) is 2.45. The monoisotopic (exact) mass is 326 g/mol. The highest BCUT2D eigenvalue weighted by molar-refractivity contribution is 8.01. The van der Waals surface area contributed by atoms with Crippen molar-refractivity contribution < 1.29 is 4.79 Å². The van der Waals surface area contributed by atoms with Gasteiger partial charge in [-0.05, 0) is 36.5 Å². The van der Waals surface area contributed by atoms with E-state index < -0.39 is 0 Å². The molecule has 1 aromatic heterocycles. The Morgan fingerprint density at radius 3 is 2.95 bits per heavy atom. The first-order valence-electron chi connectivity index (χ1n) is 7.89. The molecule has 2 rings (SSSR count). The molecule has 2 atom stereocenters. The molecule has 1 aromatic rings. The number of hydrogen-bond donors (Lipinski definition) is 1. The Bertz CT molecular complexity index is 418. The van der Waals surface area contributed by atoms with E-state index in [1.54, 1.807) is 11.3 Å². The van der Waals surface area contributed by atoms with Gasteiger partial charge in [0.15, 0.2) is 0 Å². The number of amides is 1. The van der Waals surface area contributed by atoms with Crippen molar-refractivity contribution in [3.63, 3.8) is 0 Å². The normalized spacial score (nSPS) is 19.0. The lowest BCUT2D eigenvalue weighted by atomic mass is 10.1. The van der Waals surface area contributed by atoms with Crippen LogP contribution >= 0.6 is 23.1 Å². The molecule has 1 aliphatic heterocycles. The van der Waals surface area contributed by atoms with Gasteiger partial charge >= 0.3 is 0 Å². The highest BCUT2D eigenvalue weighted by Gasteiger charge is 2.24. The zero-order valence-corrected chi connectivity index (χ0v) is 14.4. The maximum absolute atomic E-state index is 12.6. The molecule has 1 amide bonds. The largest absolute Gasteiger partial charge is 0.336 e. The molecule has 21 heavy (non-hydrogen) atoms. The van der Waals surface area contributed by atoms with Crippen molar-refractivity contribution in [2.24, 2.45) is 5.73 Å². The smallest absolute Gasteiger partial charge is 0.239 e. The van der Waals surface area contributed by atoms with Gasteiger partial charge in [0.05, 0.1) is 12.6 Å². The molecule has 0 radical (unpaired) electrons. The Kier molecular flexibility index (Phi) is 7.07. The van der Waals surface area contributed by atoms with E-state index >= 15 is 0 Å². The molecule has 3 nitrogen and oxygen atoms in total. The molecule has 1 aliphatic rings. The second-order valence-corrected chi connectivity index (χ2v) is 8.10. The Labute approximate surface area is 136 Å². The van der Waals surface area contributed by atoms with E-state index in [0.29, 0.717) is 6.54 Å². The van der Waals surface area contributed by atoms with Crippen LogP contribution in [0.1, 0.15) is 43.9 Å². The van der Waals surface area contributed by atoms with Gasteiger partial charge in [0.25, 0.3) is 0 Å². The minimum absolute atomic E-state index is 0.126. The molecule has 0 spiro atoms. The van der Waals surface area contributed by atoms with Crippen LogP contribution < -0.4 is 5.73 Å². The molecule has 0 bridgehead atoms. The summed E-state index contributed by atoms with van der Waals surface area (Å²) in [5.41, 5.74) is 6.09. The summed E-state index contributed by atoms with van der Waals surface area (Å²) >= 11 is 3.73. The highest BCUT2D eigenvalue weighted by Crippen LogP contribution is 2.30. The molecule has 0 aromatic carbocycles. The molecule has 1 saturated heterocycles. The van der Waals surface area contributed by atoms with Gasteiger partial charge in [-0.25, -0.2) is 0 Å². The summed E-state index contributed by atoms with van der Waals surface area (Å²) in [5, 5.41) is 2.81. The minimum atomic E-state index is -0.334. The number of thioether (sulfide) groups is 1. The van der Waals surface area contributed by atoms with Crippen LogP contribution in [0.2, 0.25) is 0 Å². The van der Waals surface area contributed by atoms with Crippen LogP contribution in [0.25, 0.3) is 0 Å². The minimum Gasteiger partial charge on any atom is -0.336 e. The Hall–Kier alpha value is -0.520. The van der Waals surface area contributed by atoms with Crippen LogP contribution in [0.3, 0.4) is 0 Å². The van der Waals surface area contributed by atoms with E-state index in [1.807, 2.05) is 22.7 Å². The summed E-state index contributed by atoms with van der Waals surface area (Å²) in [6.45, 7) is 3.69. The van der Waals surface area contributed by atoms with Gasteiger partial charge in [-0.15, -0.1) is 11.3 Å². The number of carbonyl (C=O) groups is 1. The number of thiophene rings is 1. The zero-order chi connectivity index (χ0) is 15.1. The fraction of sp³-hybridized carbons (Fsp3) is 0.688. The lowest BCUT2D eigenvalue weighted by molar-refractivity contribution is -0.133. The molecule has 1 fully saturated rings. The van der Waals surface area contributed by atoms with Crippen LogP contribution in [-0.4, -0.2) is 34.4 Å². The number of nitrogens with two attached hydrogens (primary N) is 1. The van der Waals surface area contributed by atoms with E-state index in [0.717, 1.165) is 37.5 Å². The standard InChI is InChI=1S/C16H26N2OS2/c1-2-3-6-15(17)16(19)18(9-7-13-8-11-21-13)12-14-5-4-10-20-14/h4-5,10,13,15H,2-3,6-9,11-12,17H2,1H3/t13?,15-/m0/s1. The third-order valence-corrected chi connectivity index (χ3v) is 6.21. The lowest BCUT2D eigenvalue weighted by Gasteiger charge is -2.30. The third kappa shape index (κ3) is 5.31. The molecule has 2 N–H and O–H groups in total. The van der Waals surface area contributed by atoms with Crippen molar-refractivity contribution in [1.29, 1.82) is 0 Å². The maximum atomic E-state index is 12.6. The third-order valence-electron chi connectivity index (χ3n) is 3.94.